The second-order valence-corrected chi connectivity index (χ2v) is 4.55. The van der Waals surface area contributed by atoms with Crippen LogP contribution >= 0.6 is 11.8 Å². The van der Waals surface area contributed by atoms with Crippen LogP contribution in [-0.2, 0) is 4.74 Å². The summed E-state index contributed by atoms with van der Waals surface area (Å²) in [7, 11) is 1.67. The van der Waals surface area contributed by atoms with Gasteiger partial charge in [0.15, 0.2) is 0 Å². The highest BCUT2D eigenvalue weighted by Gasteiger charge is 2.08. The molecule has 0 saturated carbocycles. The van der Waals surface area contributed by atoms with Gasteiger partial charge in [-0.15, -0.1) is 11.8 Å². The molecule has 1 amide bonds. The van der Waals surface area contributed by atoms with Crippen molar-refractivity contribution in [3.8, 4) is 0 Å². The van der Waals surface area contributed by atoms with Gasteiger partial charge < -0.3 is 15.4 Å². The second kappa shape index (κ2) is 8.97. The lowest BCUT2D eigenvalue weighted by Gasteiger charge is -2.09. The fourth-order valence-corrected chi connectivity index (χ4v) is 2.09. The smallest absolute Gasteiger partial charge is 0.252 e. The molecule has 0 heterocycles. The summed E-state index contributed by atoms with van der Waals surface area (Å²) in [6, 6.07) is 7.62. The van der Waals surface area contributed by atoms with Crippen molar-refractivity contribution in [3.05, 3.63) is 29.8 Å². The van der Waals surface area contributed by atoms with Crippen LogP contribution in [-0.4, -0.2) is 45.5 Å². The Labute approximate surface area is 112 Å². The maximum atomic E-state index is 11.9. The molecule has 4 nitrogen and oxygen atoms in total. The number of hydrogen-bond acceptors (Lipinski definition) is 4. The number of methoxy groups -OCH3 is 1. The molecule has 0 fully saturated rings. The van der Waals surface area contributed by atoms with Gasteiger partial charge in [-0.1, -0.05) is 12.1 Å². The summed E-state index contributed by atoms with van der Waals surface area (Å²) in [6.45, 7) is 2.85. The Morgan fingerprint density at radius 1 is 1.28 bits per heavy atom. The Bertz CT molecular complexity index is 372. The number of carbonyl (C=O) groups excluding carboxylic acids is 1. The molecular weight excluding hydrogens is 248 g/mol. The van der Waals surface area contributed by atoms with Crippen LogP contribution in [0.15, 0.2) is 29.2 Å². The van der Waals surface area contributed by atoms with Gasteiger partial charge in [-0.3, -0.25) is 4.79 Å². The number of benzene rings is 1. The third-order valence-electron chi connectivity index (χ3n) is 2.42. The highest BCUT2D eigenvalue weighted by Crippen LogP contribution is 2.19. The SMILES string of the molecule is COCCNCCNC(=O)c1ccccc1SC. The van der Waals surface area contributed by atoms with E-state index >= 15 is 0 Å². The minimum Gasteiger partial charge on any atom is -0.383 e. The molecule has 0 saturated heterocycles. The van der Waals surface area contributed by atoms with E-state index in [1.165, 1.54) is 0 Å². The van der Waals surface area contributed by atoms with E-state index < -0.39 is 0 Å². The lowest BCUT2D eigenvalue weighted by molar-refractivity contribution is 0.0951. The van der Waals surface area contributed by atoms with E-state index in [4.69, 9.17) is 4.74 Å². The standard InChI is InChI=1S/C13H20N2O2S/c1-17-10-9-14-7-8-15-13(16)11-5-3-4-6-12(11)18-2/h3-6,14H,7-10H2,1-2H3,(H,15,16). The Hall–Kier alpha value is -1.04. The van der Waals surface area contributed by atoms with Crippen LogP contribution in [0.3, 0.4) is 0 Å². The molecule has 100 valence electrons. The summed E-state index contributed by atoms with van der Waals surface area (Å²) in [5, 5.41) is 6.07. The van der Waals surface area contributed by atoms with Crippen LogP contribution in [0.4, 0.5) is 0 Å². The highest BCUT2D eigenvalue weighted by molar-refractivity contribution is 7.98. The van der Waals surface area contributed by atoms with Crippen LogP contribution < -0.4 is 10.6 Å². The van der Waals surface area contributed by atoms with Crippen LogP contribution in [0.5, 0.6) is 0 Å². The lowest BCUT2D eigenvalue weighted by Crippen LogP contribution is -2.33. The lowest BCUT2D eigenvalue weighted by atomic mass is 10.2. The van der Waals surface area contributed by atoms with Gasteiger partial charge in [0, 0.05) is 31.6 Å². The first-order valence-electron chi connectivity index (χ1n) is 5.90. The van der Waals surface area contributed by atoms with Crippen molar-refractivity contribution in [2.75, 3.05) is 39.6 Å². The minimum atomic E-state index is -0.0199. The molecule has 0 aromatic heterocycles. The molecule has 0 spiro atoms. The van der Waals surface area contributed by atoms with Gasteiger partial charge in [-0.05, 0) is 18.4 Å². The van der Waals surface area contributed by atoms with E-state index in [1.54, 1.807) is 18.9 Å². The van der Waals surface area contributed by atoms with Crippen molar-refractivity contribution >= 4 is 17.7 Å². The predicted molar refractivity (Wildman–Crippen MR) is 75.3 cm³/mol. The number of ether oxygens (including phenoxy) is 1. The van der Waals surface area contributed by atoms with Crippen molar-refractivity contribution in [3.63, 3.8) is 0 Å². The molecule has 0 aliphatic heterocycles. The van der Waals surface area contributed by atoms with Gasteiger partial charge in [0.2, 0.25) is 0 Å². The molecule has 1 aromatic carbocycles. The van der Waals surface area contributed by atoms with Gasteiger partial charge in [-0.2, -0.15) is 0 Å². The summed E-state index contributed by atoms with van der Waals surface area (Å²) in [6.07, 6.45) is 1.97. The number of rotatable bonds is 8. The molecule has 0 aliphatic rings. The highest BCUT2D eigenvalue weighted by atomic mass is 32.2. The molecule has 1 aromatic rings. The molecule has 2 N–H and O–H groups in total. The van der Waals surface area contributed by atoms with Crippen molar-refractivity contribution in [2.45, 2.75) is 4.90 Å². The van der Waals surface area contributed by atoms with Crippen molar-refractivity contribution < 1.29 is 9.53 Å². The summed E-state index contributed by atoms with van der Waals surface area (Å²) in [5.41, 5.74) is 0.738. The van der Waals surface area contributed by atoms with Gasteiger partial charge in [0.05, 0.1) is 12.2 Å². The summed E-state index contributed by atoms with van der Waals surface area (Å²) < 4.78 is 4.92. The average Bonchev–Trinajstić information content (AvgIpc) is 2.42. The number of thioether (sulfide) groups is 1. The number of nitrogens with one attached hydrogen (secondary N) is 2. The van der Waals surface area contributed by atoms with E-state index in [0.29, 0.717) is 13.2 Å². The Morgan fingerprint density at radius 2 is 2.06 bits per heavy atom. The molecule has 0 aliphatic carbocycles. The average molecular weight is 268 g/mol. The zero-order chi connectivity index (χ0) is 13.2. The van der Waals surface area contributed by atoms with Gasteiger partial charge in [0.1, 0.15) is 0 Å². The summed E-state index contributed by atoms with van der Waals surface area (Å²) in [5.74, 6) is -0.0199. The predicted octanol–water partition coefficient (Wildman–Crippen LogP) is 1.37. The van der Waals surface area contributed by atoms with E-state index in [1.807, 2.05) is 30.5 Å². The first-order valence-corrected chi connectivity index (χ1v) is 7.13. The molecule has 0 unspecified atom stereocenters. The fraction of sp³-hybridized carbons (Fsp3) is 0.462. The molecular formula is C13H20N2O2S. The molecule has 0 atom stereocenters. The fourth-order valence-electron chi connectivity index (χ4n) is 1.49. The molecule has 18 heavy (non-hydrogen) atoms. The first-order chi connectivity index (χ1) is 8.79. The normalized spacial score (nSPS) is 10.3. The topological polar surface area (TPSA) is 50.4 Å². The maximum Gasteiger partial charge on any atom is 0.252 e. The van der Waals surface area contributed by atoms with E-state index in [-0.39, 0.29) is 5.91 Å². The zero-order valence-corrected chi connectivity index (χ0v) is 11.7. The summed E-state index contributed by atoms with van der Waals surface area (Å²) >= 11 is 1.58. The first kappa shape index (κ1) is 15.0. The Kier molecular flexibility index (Phi) is 7.48. The zero-order valence-electron chi connectivity index (χ0n) is 10.9. The molecule has 0 radical (unpaired) electrons. The van der Waals surface area contributed by atoms with Gasteiger partial charge in [-0.25, -0.2) is 0 Å². The van der Waals surface area contributed by atoms with Crippen LogP contribution in [0.1, 0.15) is 10.4 Å². The Morgan fingerprint density at radius 3 is 2.78 bits per heavy atom. The van der Waals surface area contributed by atoms with Crippen molar-refractivity contribution in [2.24, 2.45) is 0 Å². The monoisotopic (exact) mass is 268 g/mol. The van der Waals surface area contributed by atoms with Crippen molar-refractivity contribution in [1.82, 2.24) is 10.6 Å². The molecule has 0 bridgehead atoms. The third-order valence-corrected chi connectivity index (χ3v) is 3.22. The van der Waals surface area contributed by atoms with Gasteiger partial charge >= 0.3 is 0 Å². The second-order valence-electron chi connectivity index (χ2n) is 3.70. The van der Waals surface area contributed by atoms with Crippen molar-refractivity contribution in [1.29, 1.82) is 0 Å². The quantitative estimate of drug-likeness (QED) is 0.552. The van der Waals surface area contributed by atoms with E-state index in [9.17, 15) is 4.79 Å². The van der Waals surface area contributed by atoms with Crippen LogP contribution in [0, 0.1) is 0 Å². The van der Waals surface area contributed by atoms with Crippen LogP contribution in [0.25, 0.3) is 0 Å². The Balaban J connectivity index is 2.32. The number of amides is 1. The maximum absolute atomic E-state index is 11.9. The molecule has 5 heteroatoms. The number of carbonyl (C=O) groups is 1. The van der Waals surface area contributed by atoms with E-state index in [2.05, 4.69) is 10.6 Å². The minimum absolute atomic E-state index is 0.0199. The third kappa shape index (κ3) is 5.08. The number of hydrogen-bond donors (Lipinski definition) is 2. The van der Waals surface area contributed by atoms with E-state index in [0.717, 1.165) is 23.5 Å². The largest absolute Gasteiger partial charge is 0.383 e. The van der Waals surface area contributed by atoms with Crippen LogP contribution in [0.2, 0.25) is 0 Å². The van der Waals surface area contributed by atoms with Gasteiger partial charge in [0.25, 0.3) is 5.91 Å². The summed E-state index contributed by atoms with van der Waals surface area (Å²) in [4.78, 5) is 12.9. The molecule has 1 rings (SSSR count).